The topological polar surface area (TPSA) is 55.8 Å². The molecule has 0 saturated carbocycles. The Morgan fingerprint density at radius 1 is 0.968 bits per heavy atom. The summed E-state index contributed by atoms with van der Waals surface area (Å²) in [6, 6.07) is 22.8. The van der Waals surface area contributed by atoms with Crippen molar-refractivity contribution < 1.29 is 19.1 Å². The van der Waals surface area contributed by atoms with Crippen molar-refractivity contribution in [2.45, 2.75) is 46.1 Å². The molecule has 1 heterocycles. The zero-order valence-electron chi connectivity index (χ0n) is 18.1. The lowest BCUT2D eigenvalue weighted by atomic mass is 9.92. The van der Waals surface area contributed by atoms with Gasteiger partial charge >= 0.3 is 12.1 Å². The second kappa shape index (κ2) is 8.42. The van der Waals surface area contributed by atoms with Gasteiger partial charge in [-0.15, -0.1) is 0 Å². The molecule has 4 rings (SSSR count). The number of carbonyl (C=O) groups is 2. The van der Waals surface area contributed by atoms with Gasteiger partial charge in [0.1, 0.15) is 12.6 Å². The first-order chi connectivity index (χ1) is 14.8. The van der Waals surface area contributed by atoms with E-state index in [9.17, 15) is 9.59 Å². The van der Waals surface area contributed by atoms with E-state index >= 15 is 0 Å². The minimum atomic E-state index is -0.738. The molecular weight excluding hydrogens is 390 g/mol. The number of nitrogens with zero attached hydrogens (tertiary/aromatic N) is 1. The molecule has 0 spiro atoms. The molecule has 1 saturated heterocycles. The normalized spacial score (nSPS) is 18.8. The lowest BCUT2D eigenvalue weighted by Crippen LogP contribution is -2.48. The maximum atomic E-state index is 13.2. The Labute approximate surface area is 182 Å². The molecule has 1 fully saturated rings. The second-order valence-corrected chi connectivity index (χ2v) is 8.96. The fraction of sp³-hybridized carbons (Fsp3) is 0.308. The summed E-state index contributed by atoms with van der Waals surface area (Å²) < 4.78 is 11.3. The molecule has 1 aliphatic heterocycles. The van der Waals surface area contributed by atoms with E-state index in [0.29, 0.717) is 6.42 Å². The summed E-state index contributed by atoms with van der Waals surface area (Å²) in [4.78, 5) is 27.5. The number of cyclic esters (lactones) is 1. The van der Waals surface area contributed by atoms with Gasteiger partial charge in [-0.05, 0) is 21.9 Å². The van der Waals surface area contributed by atoms with E-state index in [1.54, 1.807) is 0 Å². The van der Waals surface area contributed by atoms with Crippen molar-refractivity contribution in [3.63, 3.8) is 0 Å². The van der Waals surface area contributed by atoms with E-state index in [0.717, 1.165) is 21.9 Å². The lowest BCUT2D eigenvalue weighted by Gasteiger charge is -2.33. The number of benzene rings is 3. The van der Waals surface area contributed by atoms with E-state index < -0.39 is 29.7 Å². The van der Waals surface area contributed by atoms with Gasteiger partial charge in [-0.1, -0.05) is 93.6 Å². The molecule has 1 amide bonds. The van der Waals surface area contributed by atoms with Crippen molar-refractivity contribution in [3.8, 4) is 0 Å². The Bertz CT molecular complexity index is 1080. The number of amides is 1. The quantitative estimate of drug-likeness (QED) is 0.539. The molecule has 0 aliphatic carbocycles. The highest BCUT2D eigenvalue weighted by Gasteiger charge is 2.50. The van der Waals surface area contributed by atoms with Gasteiger partial charge in [0.2, 0.25) is 0 Å². The Hall–Kier alpha value is -3.34. The van der Waals surface area contributed by atoms with Crippen molar-refractivity contribution in [2.24, 2.45) is 5.41 Å². The maximum Gasteiger partial charge on any atom is 0.413 e. The van der Waals surface area contributed by atoms with Crippen LogP contribution in [0.5, 0.6) is 0 Å². The van der Waals surface area contributed by atoms with Gasteiger partial charge in [0.05, 0.1) is 0 Å². The first-order valence-corrected chi connectivity index (χ1v) is 10.5. The zero-order chi connectivity index (χ0) is 22.0. The van der Waals surface area contributed by atoms with Gasteiger partial charge in [0, 0.05) is 11.8 Å². The molecule has 0 radical (unpaired) electrons. The Morgan fingerprint density at radius 3 is 2.39 bits per heavy atom. The number of ether oxygens (including phenoxy) is 2. The summed E-state index contributed by atoms with van der Waals surface area (Å²) in [5.74, 6) is -0.399. The molecule has 0 N–H and O–H groups in total. The zero-order valence-corrected chi connectivity index (χ0v) is 18.1. The van der Waals surface area contributed by atoms with Gasteiger partial charge in [0.15, 0.2) is 6.23 Å². The van der Waals surface area contributed by atoms with Crippen LogP contribution in [-0.4, -0.2) is 29.2 Å². The van der Waals surface area contributed by atoms with Gasteiger partial charge in [-0.25, -0.2) is 9.59 Å². The first-order valence-electron chi connectivity index (χ1n) is 10.5. The molecule has 3 aromatic rings. The summed E-state index contributed by atoms with van der Waals surface area (Å²) in [6.07, 6.45) is -0.865. The Balaban J connectivity index is 1.62. The van der Waals surface area contributed by atoms with Crippen LogP contribution in [0.4, 0.5) is 4.79 Å². The number of fused-ring (bicyclic) bond motifs is 1. The molecule has 2 atom stereocenters. The molecule has 5 heteroatoms. The van der Waals surface area contributed by atoms with Crippen molar-refractivity contribution in [1.82, 2.24) is 4.90 Å². The van der Waals surface area contributed by atoms with Gasteiger partial charge in [0.25, 0.3) is 0 Å². The molecule has 0 bridgehead atoms. The summed E-state index contributed by atoms with van der Waals surface area (Å²) in [5, 5.41) is 2.16. The van der Waals surface area contributed by atoms with Crippen molar-refractivity contribution in [3.05, 3.63) is 83.9 Å². The van der Waals surface area contributed by atoms with Gasteiger partial charge in [-0.3, -0.25) is 4.90 Å². The minimum absolute atomic E-state index is 0.141. The Morgan fingerprint density at radius 2 is 1.65 bits per heavy atom. The average molecular weight is 418 g/mol. The highest BCUT2D eigenvalue weighted by molar-refractivity contribution is 5.88. The number of rotatable bonds is 4. The largest absolute Gasteiger partial charge is 0.444 e. The fourth-order valence-electron chi connectivity index (χ4n) is 3.99. The van der Waals surface area contributed by atoms with Crippen molar-refractivity contribution in [2.75, 3.05) is 0 Å². The van der Waals surface area contributed by atoms with Crippen molar-refractivity contribution >= 4 is 22.8 Å². The third-order valence-electron chi connectivity index (χ3n) is 5.54. The van der Waals surface area contributed by atoms with Crippen LogP contribution in [0.15, 0.2) is 72.8 Å². The molecule has 160 valence electrons. The van der Waals surface area contributed by atoms with Crippen LogP contribution in [0.1, 0.15) is 31.9 Å². The number of carbonyl (C=O) groups excluding carboxylic acids is 2. The van der Waals surface area contributed by atoms with Crippen LogP contribution in [0.3, 0.4) is 0 Å². The predicted octanol–water partition coefficient (Wildman–Crippen LogP) is 5.32. The lowest BCUT2D eigenvalue weighted by molar-refractivity contribution is -0.147. The summed E-state index contributed by atoms with van der Waals surface area (Å²) in [7, 11) is 0. The monoisotopic (exact) mass is 417 g/mol. The third-order valence-corrected chi connectivity index (χ3v) is 5.54. The molecular formula is C26H27NO4. The van der Waals surface area contributed by atoms with Gasteiger partial charge in [-0.2, -0.15) is 0 Å². The van der Waals surface area contributed by atoms with E-state index in [2.05, 4.69) is 0 Å². The van der Waals surface area contributed by atoms with E-state index in [1.165, 1.54) is 4.90 Å². The predicted molar refractivity (Wildman–Crippen MR) is 119 cm³/mol. The molecule has 3 aromatic carbocycles. The smallest absolute Gasteiger partial charge is 0.413 e. The highest BCUT2D eigenvalue weighted by Crippen LogP contribution is 2.35. The summed E-state index contributed by atoms with van der Waals surface area (Å²) in [5.41, 5.74) is 1.44. The van der Waals surface area contributed by atoms with E-state index in [-0.39, 0.29) is 6.61 Å². The van der Waals surface area contributed by atoms with Crippen LogP contribution in [0.25, 0.3) is 10.8 Å². The van der Waals surface area contributed by atoms with E-state index in [4.69, 9.17) is 9.47 Å². The number of hydrogen-bond acceptors (Lipinski definition) is 4. The molecule has 1 aliphatic rings. The molecule has 0 aromatic heterocycles. The molecule has 5 nitrogen and oxygen atoms in total. The van der Waals surface area contributed by atoms with Gasteiger partial charge < -0.3 is 9.47 Å². The molecule has 31 heavy (non-hydrogen) atoms. The highest BCUT2D eigenvalue weighted by atomic mass is 16.6. The van der Waals surface area contributed by atoms with Crippen LogP contribution in [0.2, 0.25) is 0 Å². The second-order valence-electron chi connectivity index (χ2n) is 8.96. The maximum absolute atomic E-state index is 13.2. The first kappa shape index (κ1) is 20.9. The summed E-state index contributed by atoms with van der Waals surface area (Å²) in [6.45, 7) is 5.98. The van der Waals surface area contributed by atoms with Crippen LogP contribution < -0.4 is 0 Å². The Kier molecular flexibility index (Phi) is 5.68. The van der Waals surface area contributed by atoms with Crippen LogP contribution in [-0.2, 0) is 27.3 Å². The fourth-order valence-corrected chi connectivity index (χ4v) is 3.99. The number of esters is 1. The van der Waals surface area contributed by atoms with Crippen LogP contribution >= 0.6 is 0 Å². The summed E-state index contributed by atoms with van der Waals surface area (Å²) >= 11 is 0. The molecule has 0 unspecified atom stereocenters. The number of hydrogen-bond donors (Lipinski definition) is 0. The minimum Gasteiger partial charge on any atom is -0.444 e. The van der Waals surface area contributed by atoms with E-state index in [1.807, 2.05) is 93.6 Å². The average Bonchev–Trinajstić information content (AvgIpc) is 3.10. The SMILES string of the molecule is CC(C)(C)[C@@H]1OC(=O)[C@H](Cc2cccc3ccccc23)N1C(=O)OCc1ccccc1. The third kappa shape index (κ3) is 4.41. The van der Waals surface area contributed by atoms with Crippen molar-refractivity contribution in [1.29, 1.82) is 0 Å². The van der Waals surface area contributed by atoms with Crippen LogP contribution in [0, 0.1) is 5.41 Å². The standard InChI is InChI=1S/C26H27NO4/c1-26(2,3)24-27(25(29)30-17-18-10-5-4-6-11-18)22(23(28)31-24)16-20-14-9-13-19-12-7-8-15-21(19)20/h4-15,22,24H,16-17H2,1-3H3/t22-,24-/m0/s1.